The van der Waals surface area contributed by atoms with E-state index in [0.29, 0.717) is 24.7 Å². The zero-order valence-corrected chi connectivity index (χ0v) is 21.8. The summed E-state index contributed by atoms with van der Waals surface area (Å²) in [5.41, 5.74) is 4.51. The molecule has 1 aromatic rings. The molecule has 0 radical (unpaired) electrons. The van der Waals surface area contributed by atoms with Gasteiger partial charge in [-0.2, -0.15) is 0 Å². The number of epoxide rings is 1. The van der Waals surface area contributed by atoms with Crippen LogP contribution in [0, 0.1) is 0 Å². The number of esters is 1. The molecule has 2 saturated heterocycles. The Morgan fingerprint density at radius 2 is 1.95 bits per heavy atom. The van der Waals surface area contributed by atoms with Crippen LogP contribution in [0.1, 0.15) is 53.3 Å². The fourth-order valence-corrected chi connectivity index (χ4v) is 5.95. The van der Waals surface area contributed by atoms with Crippen molar-refractivity contribution in [2.45, 2.75) is 49.3 Å². The third-order valence-corrected chi connectivity index (χ3v) is 7.89. The number of fused-ring (bicyclic) bond motifs is 2. The molecule has 3 aliphatic heterocycles. The molecule has 10 nitrogen and oxygen atoms in total. The number of rotatable bonds is 6. The number of carbonyl (C=O) groups excluding carboxylic acids is 3. The molecule has 0 saturated carbocycles. The Bertz CT molecular complexity index is 1330. The topological polar surface area (TPSA) is 147 Å². The van der Waals surface area contributed by atoms with Crippen LogP contribution < -0.4 is 21.7 Å². The molecule has 0 aromatic heterocycles. The number of benzene rings is 1. The van der Waals surface area contributed by atoms with Crippen molar-refractivity contribution in [1.82, 2.24) is 16.0 Å². The number of nitrogens with one attached hydrogen (secondary N) is 3. The highest BCUT2D eigenvalue weighted by molar-refractivity contribution is 6.32. The molecule has 1 aromatic carbocycles. The van der Waals surface area contributed by atoms with Gasteiger partial charge in [-0.15, -0.1) is 0 Å². The van der Waals surface area contributed by atoms with Crippen molar-refractivity contribution >= 4 is 23.5 Å². The summed E-state index contributed by atoms with van der Waals surface area (Å²) in [4.78, 5) is 44.3. The average Bonchev–Trinajstić information content (AvgIpc) is 3.67. The number of ketones is 2. The lowest BCUT2D eigenvalue weighted by atomic mass is 9.72. The van der Waals surface area contributed by atoms with Crippen molar-refractivity contribution in [2.24, 2.45) is 10.7 Å². The molecule has 0 bridgehead atoms. The lowest BCUT2D eigenvalue weighted by Crippen LogP contribution is -2.52. The molecule has 0 spiro atoms. The normalized spacial score (nSPS) is 31.4. The van der Waals surface area contributed by atoms with Gasteiger partial charge in [-0.1, -0.05) is 42.0 Å². The number of carbonyl (C=O) groups is 3. The van der Waals surface area contributed by atoms with Crippen molar-refractivity contribution in [2.75, 3.05) is 27.2 Å². The van der Waals surface area contributed by atoms with Gasteiger partial charge in [-0.05, 0) is 37.8 Å². The Kier molecular flexibility index (Phi) is 6.38. The second kappa shape index (κ2) is 9.43. The molecule has 4 aliphatic rings. The molecule has 0 amide bonds. The van der Waals surface area contributed by atoms with E-state index in [1.54, 1.807) is 31.3 Å². The molecule has 3 atom stereocenters. The third-order valence-electron chi connectivity index (χ3n) is 7.89. The summed E-state index contributed by atoms with van der Waals surface area (Å²) in [7, 11) is 2.92. The molecule has 1 aliphatic carbocycles. The number of nitrogens with two attached hydrogens (primary N) is 1. The minimum Gasteiger partial charge on any atom is -0.466 e. The fourth-order valence-electron chi connectivity index (χ4n) is 5.95. The quantitative estimate of drug-likeness (QED) is 0.190. The molecule has 5 rings (SSSR count). The van der Waals surface area contributed by atoms with Crippen LogP contribution in [0.25, 0.3) is 0 Å². The molecule has 0 unspecified atom stereocenters. The minimum absolute atomic E-state index is 0.0640. The largest absolute Gasteiger partial charge is 0.466 e. The number of dihydropyridines is 1. The number of guanidine groups is 1. The lowest BCUT2D eigenvalue weighted by molar-refractivity contribution is -0.145. The summed E-state index contributed by atoms with van der Waals surface area (Å²) >= 11 is 0. The second-order valence-corrected chi connectivity index (χ2v) is 10.2. The van der Waals surface area contributed by atoms with Crippen LogP contribution in [0.4, 0.5) is 0 Å². The molecule has 5 N–H and O–H groups in total. The van der Waals surface area contributed by atoms with Gasteiger partial charge in [0.15, 0.2) is 17.3 Å². The van der Waals surface area contributed by atoms with Gasteiger partial charge in [0.2, 0.25) is 5.78 Å². The maximum absolute atomic E-state index is 13.6. The first-order valence-electron chi connectivity index (χ1n) is 12.8. The molecule has 2 fully saturated rings. The highest BCUT2D eigenvalue weighted by atomic mass is 16.7. The molecule has 10 heteroatoms. The highest BCUT2D eigenvalue weighted by Gasteiger charge is 2.85. The standard InChI is InChI=1S/C28H33N5O5/c1-17(16-26(18-10-14-31-21(29)15-18)11-6-13-32-25(30-2)33-26)9-12-27-22(34)19-7-4-5-8-20(19)23(35)28(27,38-27)24(36)37-3/h4-5,7-10,15,31H,6,11-14,16,29H2,1-3H3,(H2,30,32,33)/b17-9+/t26-,27+,28+/m1/s1. The van der Waals surface area contributed by atoms with Gasteiger partial charge < -0.3 is 31.2 Å². The third kappa shape index (κ3) is 3.82. The van der Waals surface area contributed by atoms with Crippen LogP contribution in [0.15, 0.2) is 64.5 Å². The maximum Gasteiger partial charge on any atom is 0.350 e. The SMILES string of the molecule is CN=C1NCCC[C@@](C/C(C)=C/C[C@@]23O[C@]2(C(=O)OC)C(=O)c2ccccc2C3=O)(C2=CCNC(N)=C2)N1. The summed E-state index contributed by atoms with van der Waals surface area (Å²) in [5.74, 6) is -0.488. The lowest BCUT2D eigenvalue weighted by Gasteiger charge is -2.37. The van der Waals surface area contributed by atoms with Crippen LogP contribution in [0.2, 0.25) is 0 Å². The van der Waals surface area contributed by atoms with Gasteiger partial charge in [-0.3, -0.25) is 14.6 Å². The van der Waals surface area contributed by atoms with Crippen LogP contribution in [0.5, 0.6) is 0 Å². The van der Waals surface area contributed by atoms with E-state index in [1.807, 2.05) is 19.1 Å². The summed E-state index contributed by atoms with van der Waals surface area (Å²) in [6, 6.07) is 6.50. The summed E-state index contributed by atoms with van der Waals surface area (Å²) < 4.78 is 10.8. The van der Waals surface area contributed by atoms with E-state index in [2.05, 4.69) is 27.0 Å². The molecule has 3 heterocycles. The number of ether oxygens (including phenoxy) is 2. The first-order valence-corrected chi connectivity index (χ1v) is 12.8. The average molecular weight is 520 g/mol. The Labute approximate surface area is 221 Å². The van der Waals surface area contributed by atoms with Crippen molar-refractivity contribution in [3.8, 4) is 0 Å². The zero-order chi connectivity index (χ0) is 27.1. The smallest absolute Gasteiger partial charge is 0.350 e. The summed E-state index contributed by atoms with van der Waals surface area (Å²) in [6.45, 7) is 3.37. The van der Waals surface area contributed by atoms with Crippen molar-refractivity contribution in [3.05, 3.63) is 70.6 Å². The van der Waals surface area contributed by atoms with E-state index in [4.69, 9.17) is 15.2 Å². The molecule has 200 valence electrons. The van der Waals surface area contributed by atoms with E-state index >= 15 is 0 Å². The number of hydrogen-bond acceptors (Lipinski definition) is 8. The maximum atomic E-state index is 13.6. The van der Waals surface area contributed by atoms with Gasteiger partial charge in [-0.25, -0.2) is 4.79 Å². The van der Waals surface area contributed by atoms with Gasteiger partial charge in [0.25, 0.3) is 5.60 Å². The van der Waals surface area contributed by atoms with Crippen LogP contribution in [-0.2, 0) is 14.3 Å². The first kappa shape index (κ1) is 25.7. The Balaban J connectivity index is 1.49. The number of methoxy groups -OCH3 is 1. The number of nitrogens with zero attached hydrogens (tertiary/aromatic N) is 1. The van der Waals surface area contributed by atoms with Gasteiger partial charge >= 0.3 is 5.97 Å². The Hall–Kier alpha value is -3.92. The van der Waals surface area contributed by atoms with Gasteiger partial charge in [0.1, 0.15) is 0 Å². The van der Waals surface area contributed by atoms with E-state index in [9.17, 15) is 14.4 Å². The van der Waals surface area contributed by atoms with E-state index < -0.39 is 28.5 Å². The fraction of sp³-hybridized carbons (Fsp3) is 0.429. The number of Topliss-reactive ketones (excluding diaryl/α,β-unsaturated/α-hetero) is 2. The first-order chi connectivity index (χ1) is 18.2. The zero-order valence-electron chi connectivity index (χ0n) is 21.8. The molecular weight excluding hydrogens is 486 g/mol. The highest BCUT2D eigenvalue weighted by Crippen LogP contribution is 2.58. The van der Waals surface area contributed by atoms with E-state index in [0.717, 1.165) is 30.5 Å². The minimum atomic E-state index is -1.96. The Morgan fingerprint density at radius 3 is 2.63 bits per heavy atom. The van der Waals surface area contributed by atoms with Gasteiger partial charge in [0, 0.05) is 37.7 Å². The van der Waals surface area contributed by atoms with Crippen molar-refractivity contribution in [1.29, 1.82) is 0 Å². The van der Waals surface area contributed by atoms with E-state index in [-0.39, 0.29) is 23.3 Å². The Morgan fingerprint density at radius 1 is 1.21 bits per heavy atom. The molecule has 38 heavy (non-hydrogen) atoms. The van der Waals surface area contributed by atoms with E-state index in [1.165, 1.54) is 7.11 Å². The van der Waals surface area contributed by atoms with Crippen LogP contribution in [0.3, 0.4) is 0 Å². The van der Waals surface area contributed by atoms with Gasteiger partial charge in [0.05, 0.1) is 18.5 Å². The predicted octanol–water partition coefficient (Wildman–Crippen LogP) is 1.50. The second-order valence-electron chi connectivity index (χ2n) is 10.2. The number of hydrogen-bond donors (Lipinski definition) is 4. The summed E-state index contributed by atoms with van der Waals surface area (Å²) in [5, 5.41) is 10.0. The van der Waals surface area contributed by atoms with Crippen LogP contribution >= 0.6 is 0 Å². The van der Waals surface area contributed by atoms with Crippen molar-refractivity contribution in [3.63, 3.8) is 0 Å². The van der Waals surface area contributed by atoms with Crippen molar-refractivity contribution < 1.29 is 23.9 Å². The molecular formula is C28H33N5O5. The van der Waals surface area contributed by atoms with Crippen LogP contribution in [-0.4, -0.2) is 67.5 Å². The monoisotopic (exact) mass is 519 g/mol. The number of aliphatic imine (C=N–C) groups is 1. The predicted molar refractivity (Wildman–Crippen MR) is 141 cm³/mol. The summed E-state index contributed by atoms with van der Waals surface area (Å²) in [6.07, 6.45) is 8.31.